The van der Waals surface area contributed by atoms with Gasteiger partial charge < -0.3 is 4.55 Å². The summed E-state index contributed by atoms with van der Waals surface area (Å²) in [5.74, 6) is 0.672. The van der Waals surface area contributed by atoms with Gasteiger partial charge in [0.05, 0.1) is 4.90 Å². The summed E-state index contributed by atoms with van der Waals surface area (Å²) in [4.78, 5) is 0.325. The van der Waals surface area contributed by atoms with E-state index in [0.717, 1.165) is 12.8 Å². The lowest BCUT2D eigenvalue weighted by molar-refractivity contribution is 0.561. The molecule has 0 saturated heterocycles. The van der Waals surface area contributed by atoms with Crippen LogP contribution in [0.5, 0.6) is 0 Å². The molecule has 1 aromatic carbocycles. The second-order valence-corrected chi connectivity index (χ2v) is 6.83. The van der Waals surface area contributed by atoms with Crippen LogP contribution in [0.15, 0.2) is 29.2 Å². The number of hydrogen-bond donors (Lipinski definition) is 1. The second-order valence-electron chi connectivity index (χ2n) is 4.05. The van der Waals surface area contributed by atoms with Crippen LogP contribution in [-0.4, -0.2) is 8.76 Å². The highest BCUT2D eigenvalue weighted by atomic mass is 32.8. The molecule has 0 aromatic heterocycles. The van der Waals surface area contributed by atoms with Crippen molar-refractivity contribution in [1.82, 2.24) is 0 Å². The Morgan fingerprint density at radius 2 is 1.87 bits per heavy atom. The average Bonchev–Trinajstić information content (AvgIpc) is 2.14. The van der Waals surface area contributed by atoms with E-state index >= 15 is 0 Å². The minimum Gasteiger partial charge on any atom is -0.302 e. The van der Waals surface area contributed by atoms with Crippen LogP contribution in [0.4, 0.5) is 0 Å². The van der Waals surface area contributed by atoms with E-state index in [-0.39, 0.29) is 0 Å². The summed E-state index contributed by atoms with van der Waals surface area (Å²) in [6, 6.07) is 7.04. The van der Waals surface area contributed by atoms with E-state index < -0.39 is 8.77 Å². The molecule has 0 aliphatic carbocycles. The average molecular weight is 244 g/mol. The molecule has 15 heavy (non-hydrogen) atoms. The highest BCUT2D eigenvalue weighted by Gasteiger charge is 2.04. The van der Waals surface area contributed by atoms with Crippen molar-refractivity contribution in [1.29, 1.82) is 0 Å². The van der Waals surface area contributed by atoms with Crippen LogP contribution in [0.3, 0.4) is 0 Å². The van der Waals surface area contributed by atoms with Gasteiger partial charge >= 0.3 is 0 Å². The van der Waals surface area contributed by atoms with Gasteiger partial charge in [-0.3, -0.25) is 0 Å². The first-order valence-corrected chi connectivity index (χ1v) is 7.40. The largest absolute Gasteiger partial charge is 0.302 e. The van der Waals surface area contributed by atoms with Crippen molar-refractivity contribution in [3.05, 3.63) is 29.8 Å². The van der Waals surface area contributed by atoms with Gasteiger partial charge in [-0.25, -0.2) is 4.21 Å². The summed E-state index contributed by atoms with van der Waals surface area (Å²) in [6.07, 6.45) is 2.13. The fraction of sp³-hybridized carbons (Fsp3) is 0.455. The van der Waals surface area contributed by atoms with Crippen molar-refractivity contribution in [2.75, 3.05) is 0 Å². The van der Waals surface area contributed by atoms with Crippen LogP contribution in [0, 0.1) is 5.92 Å². The Kier molecular flexibility index (Phi) is 4.25. The normalized spacial score (nSPS) is 15.2. The van der Waals surface area contributed by atoms with Crippen LogP contribution in [0.25, 0.3) is 0 Å². The second kappa shape index (κ2) is 5.05. The molecule has 0 aliphatic rings. The summed E-state index contributed by atoms with van der Waals surface area (Å²) < 4.78 is 20.3. The molecule has 4 heteroatoms. The van der Waals surface area contributed by atoms with Crippen LogP contribution < -0.4 is 0 Å². The van der Waals surface area contributed by atoms with E-state index in [0.29, 0.717) is 10.8 Å². The molecule has 0 radical (unpaired) electrons. The van der Waals surface area contributed by atoms with Crippen molar-refractivity contribution in [2.45, 2.75) is 31.6 Å². The molecule has 1 N–H and O–H groups in total. The Bertz CT molecular complexity index is 405. The van der Waals surface area contributed by atoms with Crippen LogP contribution >= 0.6 is 0 Å². The molecule has 0 bridgehead atoms. The van der Waals surface area contributed by atoms with Crippen molar-refractivity contribution in [2.24, 2.45) is 5.92 Å². The van der Waals surface area contributed by atoms with Gasteiger partial charge in [0.25, 0.3) is 0 Å². The molecule has 84 valence electrons. The molecule has 0 fully saturated rings. The predicted molar refractivity (Wildman–Crippen MR) is 66.0 cm³/mol. The van der Waals surface area contributed by atoms with E-state index in [2.05, 4.69) is 25.0 Å². The molecule has 0 aliphatic heterocycles. The first-order valence-electron chi connectivity index (χ1n) is 4.96. The molecule has 0 saturated carbocycles. The molecular weight excluding hydrogens is 228 g/mol. The van der Waals surface area contributed by atoms with Crippen molar-refractivity contribution in [3.63, 3.8) is 0 Å². The van der Waals surface area contributed by atoms with Gasteiger partial charge in [-0.2, -0.15) is 0 Å². The number of benzene rings is 1. The molecule has 1 unspecified atom stereocenters. The lowest BCUT2D eigenvalue weighted by Gasteiger charge is -2.05. The molecule has 0 amide bonds. The maximum atomic E-state index is 11.1. The third kappa shape index (κ3) is 4.28. The quantitative estimate of drug-likeness (QED) is 0.885. The van der Waals surface area contributed by atoms with Crippen molar-refractivity contribution >= 4 is 20.0 Å². The Balaban J connectivity index is 2.73. The van der Waals surface area contributed by atoms with Gasteiger partial charge in [0.2, 0.25) is 0 Å². The smallest absolute Gasteiger partial charge is 0.171 e. The minimum atomic E-state index is -3.22. The molecule has 1 rings (SSSR count). The summed E-state index contributed by atoms with van der Waals surface area (Å²) in [6.45, 7) is 4.36. The summed E-state index contributed by atoms with van der Waals surface area (Å²) in [7, 11) is -3.22. The Hall–Kier alpha value is -0.450. The number of aryl methyl sites for hydroxylation is 1. The zero-order chi connectivity index (χ0) is 11.5. The maximum absolute atomic E-state index is 11.1. The number of hydrogen-bond acceptors (Lipinski definition) is 2. The third-order valence-electron chi connectivity index (χ3n) is 2.23. The topological polar surface area (TPSA) is 37.3 Å². The highest BCUT2D eigenvalue weighted by molar-refractivity contribution is 8.29. The van der Waals surface area contributed by atoms with Crippen LogP contribution in [0.2, 0.25) is 0 Å². The maximum Gasteiger partial charge on any atom is 0.171 e. The lowest BCUT2D eigenvalue weighted by atomic mass is 10.0. The van der Waals surface area contributed by atoms with E-state index in [4.69, 9.17) is 4.55 Å². The first kappa shape index (κ1) is 12.6. The van der Waals surface area contributed by atoms with E-state index in [9.17, 15) is 4.21 Å². The molecule has 1 atom stereocenters. The Morgan fingerprint density at radius 1 is 1.33 bits per heavy atom. The van der Waals surface area contributed by atoms with E-state index in [1.807, 2.05) is 12.1 Å². The summed E-state index contributed by atoms with van der Waals surface area (Å²) >= 11 is 4.48. The van der Waals surface area contributed by atoms with Gasteiger partial charge in [-0.05, 0) is 36.5 Å². The van der Waals surface area contributed by atoms with Gasteiger partial charge in [0.15, 0.2) is 8.77 Å². The molecule has 2 nitrogen and oxygen atoms in total. The lowest BCUT2D eigenvalue weighted by Crippen LogP contribution is -1.97. The van der Waals surface area contributed by atoms with Gasteiger partial charge in [0.1, 0.15) is 0 Å². The molecular formula is C11H16O2S2. The zero-order valence-electron chi connectivity index (χ0n) is 8.97. The minimum absolute atomic E-state index is 0.325. The molecule has 1 aromatic rings. The van der Waals surface area contributed by atoms with Gasteiger partial charge in [-0.15, -0.1) is 0 Å². The van der Waals surface area contributed by atoms with E-state index in [1.165, 1.54) is 5.56 Å². The standard InChI is InChI=1S/C11H16O2S2/c1-9(2)3-4-10-5-7-11(8-6-10)15(12,13)14/h5-9H,3-4H2,1-2H3,(H,12,13,14). The summed E-state index contributed by atoms with van der Waals surface area (Å²) in [5.41, 5.74) is 1.19. The van der Waals surface area contributed by atoms with Crippen molar-refractivity contribution < 1.29 is 8.76 Å². The predicted octanol–water partition coefficient (Wildman–Crippen LogP) is 2.85. The first-order chi connectivity index (χ1) is 6.89. The fourth-order valence-corrected chi connectivity index (χ4v) is 2.10. The van der Waals surface area contributed by atoms with Crippen LogP contribution in [-0.2, 0) is 26.4 Å². The molecule has 0 heterocycles. The highest BCUT2D eigenvalue weighted by Crippen LogP contribution is 2.13. The fourth-order valence-electron chi connectivity index (χ4n) is 1.28. The zero-order valence-corrected chi connectivity index (χ0v) is 10.6. The van der Waals surface area contributed by atoms with Gasteiger partial charge in [-0.1, -0.05) is 26.0 Å². The third-order valence-corrected chi connectivity index (χ3v) is 3.68. The Morgan fingerprint density at radius 3 is 2.27 bits per heavy atom. The summed E-state index contributed by atoms with van der Waals surface area (Å²) in [5, 5.41) is 0. The SMILES string of the molecule is CC(C)CCc1ccc(S(=O)(O)=S)cc1. The number of rotatable bonds is 4. The Labute approximate surface area is 96.2 Å². The van der Waals surface area contributed by atoms with E-state index in [1.54, 1.807) is 12.1 Å². The van der Waals surface area contributed by atoms with Crippen molar-refractivity contribution in [3.8, 4) is 0 Å². The monoisotopic (exact) mass is 244 g/mol. The van der Waals surface area contributed by atoms with Crippen LogP contribution in [0.1, 0.15) is 25.8 Å². The van der Waals surface area contributed by atoms with Gasteiger partial charge in [0, 0.05) is 11.2 Å². The molecule has 0 spiro atoms.